The number of nitrogens with one attached hydrogen (secondary N) is 1. The number of ether oxygens (including phenoxy) is 1. The molecule has 6 heteroatoms. The van der Waals surface area contributed by atoms with Crippen LogP contribution in [0.2, 0.25) is 0 Å². The van der Waals surface area contributed by atoms with E-state index in [1.165, 1.54) is 18.4 Å². The third-order valence-electron chi connectivity index (χ3n) is 9.46. The number of hydrogen-bond donors (Lipinski definition) is 4. The van der Waals surface area contributed by atoms with Gasteiger partial charge in [0.15, 0.2) is 17.6 Å². The summed E-state index contributed by atoms with van der Waals surface area (Å²) in [5.41, 5.74) is 11.1. The van der Waals surface area contributed by atoms with Crippen molar-refractivity contribution in [2.75, 3.05) is 13.1 Å². The summed E-state index contributed by atoms with van der Waals surface area (Å²) in [6.07, 6.45) is 4.52. The molecule has 3 aliphatic carbocycles. The molecule has 1 spiro atoms. The van der Waals surface area contributed by atoms with Crippen molar-refractivity contribution in [2.45, 2.75) is 61.8 Å². The van der Waals surface area contributed by atoms with E-state index in [0.717, 1.165) is 65.1 Å². The minimum Gasteiger partial charge on any atom is -0.504 e. The van der Waals surface area contributed by atoms with E-state index in [1.807, 2.05) is 0 Å². The quantitative estimate of drug-likeness (QED) is 0.499. The van der Waals surface area contributed by atoms with E-state index in [1.54, 1.807) is 6.07 Å². The number of nitrogens with two attached hydrogens (primary N) is 1. The van der Waals surface area contributed by atoms with Crippen molar-refractivity contribution in [1.29, 1.82) is 0 Å². The Morgan fingerprint density at radius 3 is 2.91 bits per heavy atom. The maximum atomic E-state index is 12.8. The highest BCUT2D eigenvalue weighted by Crippen LogP contribution is 2.69. The van der Waals surface area contributed by atoms with Gasteiger partial charge in [-0.05, 0) is 73.0 Å². The van der Waals surface area contributed by atoms with Crippen LogP contribution in [0, 0.1) is 5.92 Å². The molecule has 2 fully saturated rings. The average molecular weight is 444 g/mol. The molecule has 1 saturated carbocycles. The number of H-pyrrole nitrogens is 1. The van der Waals surface area contributed by atoms with Gasteiger partial charge in [0, 0.05) is 42.0 Å². The van der Waals surface area contributed by atoms with Gasteiger partial charge in [0.2, 0.25) is 0 Å². The Hall–Kier alpha value is -2.54. The first kappa shape index (κ1) is 18.8. The molecule has 3 heterocycles. The molecule has 0 amide bonds. The van der Waals surface area contributed by atoms with Crippen LogP contribution in [0.15, 0.2) is 30.3 Å². The number of aromatic nitrogens is 1. The summed E-state index contributed by atoms with van der Waals surface area (Å²) in [6, 6.07) is 10.2. The van der Waals surface area contributed by atoms with Crippen molar-refractivity contribution >= 4 is 10.9 Å². The van der Waals surface area contributed by atoms with Crippen LogP contribution >= 0.6 is 0 Å². The molecule has 1 aromatic heterocycles. The Kier molecular flexibility index (Phi) is 3.38. The molecule has 5 aliphatic rings. The van der Waals surface area contributed by atoms with Crippen LogP contribution in [0.3, 0.4) is 0 Å². The van der Waals surface area contributed by atoms with E-state index in [-0.39, 0.29) is 17.9 Å². The topological polar surface area (TPSA) is 94.7 Å². The first-order valence-electron chi connectivity index (χ1n) is 12.4. The molecule has 170 valence electrons. The lowest BCUT2D eigenvalue weighted by Crippen LogP contribution is -2.74. The molecule has 2 aromatic carbocycles. The van der Waals surface area contributed by atoms with Gasteiger partial charge in [-0.1, -0.05) is 12.1 Å². The third-order valence-corrected chi connectivity index (χ3v) is 9.46. The Bertz CT molecular complexity index is 1340. The van der Waals surface area contributed by atoms with Crippen LogP contribution in [-0.2, 0) is 24.8 Å². The van der Waals surface area contributed by atoms with E-state index in [0.29, 0.717) is 18.7 Å². The maximum Gasteiger partial charge on any atom is 0.166 e. The standard InChI is InChI=1S/C27H29N3O3/c28-12-15-3-5-19-17(9-15)18-11-27(32)21-10-16-4-6-20(31)24-22(16)26(27,25(33-24)23(18)29-19)7-8-30(21)13-14-1-2-14/h3-6,9,14,21,25,29,31-32H,1-2,7-8,10-13,28H2/t21?,25-,26-,27+/m0/s1. The zero-order valence-electron chi connectivity index (χ0n) is 18.6. The molecule has 6 nitrogen and oxygen atoms in total. The summed E-state index contributed by atoms with van der Waals surface area (Å²) < 4.78 is 6.63. The molecule has 8 rings (SSSR count). The number of fused-ring (bicyclic) bond motifs is 4. The fraction of sp³-hybridized carbons (Fsp3) is 0.481. The van der Waals surface area contributed by atoms with Gasteiger partial charge in [-0.3, -0.25) is 4.90 Å². The van der Waals surface area contributed by atoms with E-state index in [9.17, 15) is 10.2 Å². The second-order valence-electron chi connectivity index (χ2n) is 11.0. The fourth-order valence-corrected chi connectivity index (χ4v) is 7.80. The van der Waals surface area contributed by atoms with Gasteiger partial charge in [-0.25, -0.2) is 0 Å². The average Bonchev–Trinajstić information content (AvgIpc) is 3.45. The van der Waals surface area contributed by atoms with Crippen LogP contribution in [0.4, 0.5) is 0 Å². The number of nitrogens with zero attached hydrogens (tertiary/aromatic N) is 1. The summed E-state index contributed by atoms with van der Waals surface area (Å²) >= 11 is 0. The normalized spacial score (nSPS) is 33.6. The van der Waals surface area contributed by atoms with Crippen molar-refractivity contribution in [2.24, 2.45) is 11.7 Å². The third kappa shape index (κ3) is 2.12. The largest absolute Gasteiger partial charge is 0.504 e. The molecule has 1 unspecified atom stereocenters. The highest BCUT2D eigenvalue weighted by Gasteiger charge is 2.72. The second kappa shape index (κ2) is 5.93. The number of aliphatic hydroxyl groups is 1. The Balaban J connectivity index is 1.40. The summed E-state index contributed by atoms with van der Waals surface area (Å²) in [7, 11) is 0. The van der Waals surface area contributed by atoms with Crippen molar-refractivity contribution in [3.05, 3.63) is 58.3 Å². The van der Waals surface area contributed by atoms with Gasteiger partial charge >= 0.3 is 0 Å². The van der Waals surface area contributed by atoms with Crippen molar-refractivity contribution < 1.29 is 14.9 Å². The summed E-state index contributed by atoms with van der Waals surface area (Å²) in [4.78, 5) is 6.22. The predicted octanol–water partition coefficient (Wildman–Crippen LogP) is 3.03. The first-order chi connectivity index (χ1) is 16.0. The van der Waals surface area contributed by atoms with Gasteiger partial charge < -0.3 is 25.7 Å². The van der Waals surface area contributed by atoms with E-state index >= 15 is 0 Å². The van der Waals surface area contributed by atoms with Crippen molar-refractivity contribution in [3.8, 4) is 11.5 Å². The summed E-state index contributed by atoms with van der Waals surface area (Å²) in [6.45, 7) is 2.53. The molecule has 2 bridgehead atoms. The lowest BCUT2D eigenvalue weighted by Gasteiger charge is -2.62. The monoisotopic (exact) mass is 443 g/mol. The number of aromatic hydroxyl groups is 1. The fourth-order valence-electron chi connectivity index (χ4n) is 7.80. The first-order valence-corrected chi connectivity index (χ1v) is 12.4. The Morgan fingerprint density at radius 1 is 1.21 bits per heavy atom. The molecule has 1 saturated heterocycles. The number of benzene rings is 2. The van der Waals surface area contributed by atoms with Gasteiger partial charge in [0.1, 0.15) is 0 Å². The van der Waals surface area contributed by atoms with Gasteiger partial charge in [0.25, 0.3) is 0 Å². The van der Waals surface area contributed by atoms with E-state index < -0.39 is 11.0 Å². The van der Waals surface area contributed by atoms with Crippen LogP contribution < -0.4 is 10.5 Å². The number of piperidine rings is 1. The SMILES string of the molecule is NCc1ccc2[nH]c3c(c2c1)C[C@@]1(O)C2Cc4ccc(O)c5c4[C@@]1(CCN2CC1CC1)[C@H]3O5. The summed E-state index contributed by atoms with van der Waals surface area (Å²) in [5.74, 6) is 1.54. The molecule has 5 N–H and O–H groups in total. The van der Waals surface area contributed by atoms with Crippen LogP contribution in [-0.4, -0.2) is 44.8 Å². The second-order valence-corrected chi connectivity index (χ2v) is 11.0. The van der Waals surface area contributed by atoms with Gasteiger partial charge in [-0.2, -0.15) is 0 Å². The number of phenolic OH excluding ortho intramolecular Hbond substituents is 1. The molecular weight excluding hydrogens is 414 g/mol. The van der Waals surface area contributed by atoms with E-state index in [4.69, 9.17) is 10.5 Å². The smallest absolute Gasteiger partial charge is 0.166 e. The number of aromatic amines is 1. The lowest BCUT2D eigenvalue weighted by molar-refractivity contribution is -0.173. The van der Waals surface area contributed by atoms with E-state index in [2.05, 4.69) is 34.1 Å². The van der Waals surface area contributed by atoms with Crippen LogP contribution in [0.5, 0.6) is 11.5 Å². The van der Waals surface area contributed by atoms with Gasteiger partial charge in [0.05, 0.1) is 16.7 Å². The molecule has 3 aromatic rings. The van der Waals surface area contributed by atoms with Crippen LogP contribution in [0.25, 0.3) is 10.9 Å². The molecule has 33 heavy (non-hydrogen) atoms. The Labute approximate surface area is 192 Å². The maximum absolute atomic E-state index is 12.8. The number of phenols is 1. The highest BCUT2D eigenvalue weighted by atomic mass is 16.5. The molecule has 2 aliphatic heterocycles. The number of likely N-dealkylation sites (tertiary alicyclic amines) is 1. The van der Waals surface area contributed by atoms with Gasteiger partial charge in [-0.15, -0.1) is 0 Å². The molecule has 0 radical (unpaired) electrons. The minimum absolute atomic E-state index is 0.0525. The zero-order valence-corrected chi connectivity index (χ0v) is 18.6. The highest BCUT2D eigenvalue weighted by molar-refractivity contribution is 5.87. The predicted molar refractivity (Wildman–Crippen MR) is 124 cm³/mol. The summed E-state index contributed by atoms with van der Waals surface area (Å²) in [5, 5.41) is 24.7. The number of hydrogen-bond acceptors (Lipinski definition) is 5. The minimum atomic E-state index is -0.947. The Morgan fingerprint density at radius 2 is 2.09 bits per heavy atom. The zero-order chi connectivity index (χ0) is 22.1. The van der Waals surface area contributed by atoms with Crippen molar-refractivity contribution in [3.63, 3.8) is 0 Å². The van der Waals surface area contributed by atoms with Crippen LogP contribution in [0.1, 0.15) is 53.3 Å². The van der Waals surface area contributed by atoms with Crippen molar-refractivity contribution in [1.82, 2.24) is 9.88 Å². The lowest BCUT2D eigenvalue weighted by atomic mass is 9.49. The molecule has 4 atom stereocenters. The molecular formula is C27H29N3O3. The number of rotatable bonds is 3.